The SMILES string of the molecule is COCC(Cl)CNc1nccn2cnnc12. The summed E-state index contributed by atoms with van der Waals surface area (Å²) in [7, 11) is 1.62. The van der Waals surface area contributed by atoms with Gasteiger partial charge in [0.2, 0.25) is 5.65 Å². The van der Waals surface area contributed by atoms with Crippen molar-refractivity contribution in [3.05, 3.63) is 18.7 Å². The maximum absolute atomic E-state index is 6.00. The lowest BCUT2D eigenvalue weighted by Gasteiger charge is -2.10. The van der Waals surface area contributed by atoms with Crippen LogP contribution in [0.4, 0.5) is 5.82 Å². The fraction of sp³-hybridized carbons (Fsp3) is 0.444. The Balaban J connectivity index is 2.06. The van der Waals surface area contributed by atoms with E-state index in [4.69, 9.17) is 16.3 Å². The van der Waals surface area contributed by atoms with Crippen molar-refractivity contribution >= 4 is 23.1 Å². The molecule has 0 saturated heterocycles. The number of aromatic nitrogens is 4. The van der Waals surface area contributed by atoms with E-state index < -0.39 is 0 Å². The highest BCUT2D eigenvalue weighted by atomic mass is 35.5. The van der Waals surface area contributed by atoms with E-state index >= 15 is 0 Å². The summed E-state index contributed by atoms with van der Waals surface area (Å²) >= 11 is 6.00. The first-order chi connectivity index (χ1) is 7.81. The number of fused-ring (bicyclic) bond motifs is 1. The van der Waals surface area contributed by atoms with E-state index in [0.717, 1.165) is 0 Å². The van der Waals surface area contributed by atoms with Crippen LogP contribution in [0.25, 0.3) is 5.65 Å². The quantitative estimate of drug-likeness (QED) is 0.785. The number of methoxy groups -OCH3 is 1. The first kappa shape index (κ1) is 11.1. The molecule has 16 heavy (non-hydrogen) atoms. The highest BCUT2D eigenvalue weighted by Gasteiger charge is 2.07. The normalized spacial score (nSPS) is 12.9. The molecule has 0 aliphatic heterocycles. The van der Waals surface area contributed by atoms with Crippen LogP contribution in [0, 0.1) is 0 Å². The largest absolute Gasteiger partial charge is 0.383 e. The molecule has 2 aromatic heterocycles. The predicted molar refractivity (Wildman–Crippen MR) is 60.8 cm³/mol. The summed E-state index contributed by atoms with van der Waals surface area (Å²) in [6.07, 6.45) is 5.08. The summed E-state index contributed by atoms with van der Waals surface area (Å²) in [5, 5.41) is 10.8. The Hall–Kier alpha value is -1.40. The van der Waals surface area contributed by atoms with E-state index in [1.807, 2.05) is 0 Å². The van der Waals surface area contributed by atoms with Gasteiger partial charge in [-0.1, -0.05) is 0 Å². The zero-order valence-electron chi connectivity index (χ0n) is 8.80. The molecule has 0 aliphatic rings. The average molecular weight is 242 g/mol. The summed E-state index contributed by atoms with van der Waals surface area (Å²) in [5.41, 5.74) is 0.684. The van der Waals surface area contributed by atoms with Gasteiger partial charge in [-0.2, -0.15) is 0 Å². The molecule has 0 bridgehead atoms. The molecular weight excluding hydrogens is 230 g/mol. The molecule has 0 saturated carbocycles. The first-order valence-corrected chi connectivity index (χ1v) is 5.26. The predicted octanol–water partition coefficient (Wildman–Crippen LogP) is 0.790. The number of anilines is 1. The van der Waals surface area contributed by atoms with Crippen molar-refractivity contribution in [2.45, 2.75) is 5.38 Å². The molecule has 2 rings (SSSR count). The monoisotopic (exact) mass is 241 g/mol. The molecule has 7 heteroatoms. The molecule has 0 fully saturated rings. The fourth-order valence-electron chi connectivity index (χ4n) is 1.33. The van der Waals surface area contributed by atoms with Crippen molar-refractivity contribution in [1.82, 2.24) is 19.6 Å². The minimum Gasteiger partial charge on any atom is -0.383 e. The highest BCUT2D eigenvalue weighted by Crippen LogP contribution is 2.10. The molecule has 0 spiro atoms. The molecule has 0 aromatic carbocycles. The lowest BCUT2D eigenvalue weighted by Crippen LogP contribution is -2.19. The van der Waals surface area contributed by atoms with Crippen LogP contribution in [0.2, 0.25) is 0 Å². The van der Waals surface area contributed by atoms with Crippen molar-refractivity contribution in [3.63, 3.8) is 0 Å². The molecule has 1 unspecified atom stereocenters. The van der Waals surface area contributed by atoms with Crippen LogP contribution in [0.15, 0.2) is 18.7 Å². The van der Waals surface area contributed by atoms with E-state index in [2.05, 4.69) is 20.5 Å². The molecule has 0 amide bonds. The van der Waals surface area contributed by atoms with E-state index in [1.54, 1.807) is 30.2 Å². The van der Waals surface area contributed by atoms with Gasteiger partial charge in [-0.05, 0) is 0 Å². The highest BCUT2D eigenvalue weighted by molar-refractivity contribution is 6.21. The Morgan fingerprint density at radius 3 is 3.31 bits per heavy atom. The van der Waals surface area contributed by atoms with Crippen molar-refractivity contribution in [3.8, 4) is 0 Å². The number of hydrogen-bond acceptors (Lipinski definition) is 5. The van der Waals surface area contributed by atoms with Gasteiger partial charge in [0, 0.05) is 26.0 Å². The molecular formula is C9H12ClN5O. The van der Waals surface area contributed by atoms with E-state index in [1.165, 1.54) is 0 Å². The van der Waals surface area contributed by atoms with E-state index in [-0.39, 0.29) is 5.38 Å². The van der Waals surface area contributed by atoms with Gasteiger partial charge in [0.15, 0.2) is 5.82 Å². The Kier molecular flexibility index (Phi) is 3.53. The smallest absolute Gasteiger partial charge is 0.203 e. The zero-order chi connectivity index (χ0) is 11.4. The summed E-state index contributed by atoms with van der Waals surface area (Å²) in [5.74, 6) is 0.668. The molecule has 0 radical (unpaired) electrons. The summed E-state index contributed by atoms with van der Waals surface area (Å²) < 4.78 is 6.73. The topological polar surface area (TPSA) is 64.3 Å². The van der Waals surface area contributed by atoms with Gasteiger partial charge in [-0.25, -0.2) is 4.98 Å². The second-order valence-electron chi connectivity index (χ2n) is 3.27. The molecule has 86 valence electrons. The first-order valence-electron chi connectivity index (χ1n) is 4.82. The van der Waals surface area contributed by atoms with Crippen LogP contribution < -0.4 is 5.32 Å². The van der Waals surface area contributed by atoms with Crippen molar-refractivity contribution in [1.29, 1.82) is 0 Å². The Labute approximate surface area is 97.6 Å². The standard InChI is InChI=1S/C9H12ClN5O/c1-16-5-7(10)4-12-8-9-14-13-6-15(9)3-2-11-8/h2-3,6-7H,4-5H2,1H3,(H,11,12). The molecule has 1 N–H and O–H groups in total. The van der Waals surface area contributed by atoms with Gasteiger partial charge in [0.25, 0.3) is 0 Å². The molecule has 2 heterocycles. The molecule has 1 atom stereocenters. The number of halogens is 1. The molecule has 0 aliphatic carbocycles. The van der Waals surface area contributed by atoms with Crippen LogP contribution in [0.1, 0.15) is 0 Å². The maximum atomic E-state index is 6.00. The van der Waals surface area contributed by atoms with E-state index in [0.29, 0.717) is 24.6 Å². The third-order valence-electron chi connectivity index (χ3n) is 2.05. The lowest BCUT2D eigenvalue weighted by molar-refractivity contribution is 0.200. The maximum Gasteiger partial charge on any atom is 0.203 e. The van der Waals surface area contributed by atoms with Gasteiger partial charge in [-0.15, -0.1) is 21.8 Å². The number of nitrogens with zero attached hydrogens (tertiary/aromatic N) is 4. The molecule has 6 nitrogen and oxygen atoms in total. The Morgan fingerprint density at radius 2 is 2.50 bits per heavy atom. The van der Waals surface area contributed by atoms with Gasteiger partial charge in [-0.3, -0.25) is 4.40 Å². The summed E-state index contributed by atoms with van der Waals surface area (Å²) in [6, 6.07) is 0. The zero-order valence-corrected chi connectivity index (χ0v) is 9.55. The number of rotatable bonds is 5. The lowest BCUT2D eigenvalue weighted by atomic mass is 10.4. The third kappa shape index (κ3) is 2.40. The van der Waals surface area contributed by atoms with Gasteiger partial charge < -0.3 is 10.1 Å². The summed E-state index contributed by atoms with van der Waals surface area (Å²) in [4.78, 5) is 4.18. The Bertz CT molecular complexity index is 460. The van der Waals surface area contributed by atoms with Crippen molar-refractivity contribution < 1.29 is 4.74 Å². The average Bonchev–Trinajstić information content (AvgIpc) is 2.75. The number of hydrogen-bond donors (Lipinski definition) is 1. The second-order valence-corrected chi connectivity index (χ2v) is 3.89. The van der Waals surface area contributed by atoms with Crippen LogP contribution in [-0.4, -0.2) is 45.2 Å². The van der Waals surface area contributed by atoms with Gasteiger partial charge in [0.05, 0.1) is 12.0 Å². The minimum atomic E-state index is -0.102. The van der Waals surface area contributed by atoms with Crippen LogP contribution in [0.5, 0.6) is 0 Å². The van der Waals surface area contributed by atoms with Crippen LogP contribution >= 0.6 is 11.6 Å². The molecule has 2 aromatic rings. The van der Waals surface area contributed by atoms with Gasteiger partial charge in [0.1, 0.15) is 6.33 Å². The number of nitrogens with one attached hydrogen (secondary N) is 1. The van der Waals surface area contributed by atoms with Gasteiger partial charge >= 0.3 is 0 Å². The second kappa shape index (κ2) is 5.09. The van der Waals surface area contributed by atoms with Crippen LogP contribution in [0.3, 0.4) is 0 Å². The fourth-order valence-corrected chi connectivity index (χ4v) is 1.53. The van der Waals surface area contributed by atoms with Crippen molar-refractivity contribution in [2.75, 3.05) is 25.6 Å². The summed E-state index contributed by atoms with van der Waals surface area (Å²) in [6.45, 7) is 1.05. The van der Waals surface area contributed by atoms with E-state index in [9.17, 15) is 0 Å². The third-order valence-corrected chi connectivity index (χ3v) is 2.33. The number of alkyl halides is 1. The number of ether oxygens (including phenoxy) is 1. The van der Waals surface area contributed by atoms with Crippen LogP contribution in [-0.2, 0) is 4.74 Å². The Morgan fingerprint density at radius 1 is 1.62 bits per heavy atom. The minimum absolute atomic E-state index is 0.102. The van der Waals surface area contributed by atoms with Crippen molar-refractivity contribution in [2.24, 2.45) is 0 Å².